The quantitative estimate of drug-likeness (QED) is 0.526. The van der Waals surface area contributed by atoms with Gasteiger partial charge >= 0.3 is 6.18 Å². The number of nitrogens with zero attached hydrogens (tertiary/aromatic N) is 3. The van der Waals surface area contributed by atoms with Crippen molar-refractivity contribution in [1.82, 2.24) is 15.3 Å². The number of hydrogen-bond donors (Lipinski definition) is 1. The first-order chi connectivity index (χ1) is 15.5. The zero-order chi connectivity index (χ0) is 24.0. The van der Waals surface area contributed by atoms with Gasteiger partial charge in [0.15, 0.2) is 0 Å². The van der Waals surface area contributed by atoms with Gasteiger partial charge in [-0.2, -0.15) is 13.2 Å². The molecule has 1 aliphatic heterocycles. The van der Waals surface area contributed by atoms with Gasteiger partial charge in [0.2, 0.25) is 11.9 Å². The van der Waals surface area contributed by atoms with Crippen LogP contribution in [0.5, 0.6) is 0 Å². The smallest absolute Gasteiger partial charge is 0.352 e. The predicted molar refractivity (Wildman–Crippen MR) is 113 cm³/mol. The molecule has 1 aromatic carbocycles. The van der Waals surface area contributed by atoms with E-state index in [-0.39, 0.29) is 58.5 Å². The van der Waals surface area contributed by atoms with Gasteiger partial charge in [0.25, 0.3) is 6.43 Å². The monoisotopic (exact) mass is 508 g/mol. The zero-order valence-electron chi connectivity index (χ0n) is 17.1. The summed E-state index contributed by atoms with van der Waals surface area (Å²) in [6.07, 6.45) is -5.34. The first kappa shape index (κ1) is 23.9. The van der Waals surface area contributed by atoms with E-state index in [2.05, 4.69) is 15.3 Å². The molecule has 2 fully saturated rings. The number of alkyl halides is 5. The summed E-state index contributed by atoms with van der Waals surface area (Å²) < 4.78 is 70.1. The molecule has 0 spiro atoms. The van der Waals surface area contributed by atoms with E-state index < -0.39 is 30.3 Å². The number of carbonyl (C=O) groups is 1. The number of amides is 1. The second-order valence-corrected chi connectivity index (χ2v) is 9.16. The van der Waals surface area contributed by atoms with Gasteiger partial charge in [-0.15, -0.1) is 0 Å². The SMILES string of the molecule is O=C(NCc1cnc(N2CCC(c3cc(Cl)cc(Cl)c3)(C(F)(F)F)C2)nc1C(F)F)C1CC1. The first-order valence-electron chi connectivity index (χ1n) is 10.2. The lowest BCUT2D eigenvalue weighted by molar-refractivity contribution is -0.184. The topological polar surface area (TPSA) is 58.1 Å². The van der Waals surface area contributed by atoms with Crippen LogP contribution in [0.3, 0.4) is 0 Å². The van der Waals surface area contributed by atoms with Crippen LogP contribution in [0.25, 0.3) is 0 Å². The van der Waals surface area contributed by atoms with Crippen LogP contribution < -0.4 is 10.2 Å². The summed E-state index contributed by atoms with van der Waals surface area (Å²) in [5, 5.41) is 2.70. The number of benzene rings is 1. The van der Waals surface area contributed by atoms with Crippen LogP contribution >= 0.6 is 23.2 Å². The molecule has 12 heteroatoms. The van der Waals surface area contributed by atoms with E-state index in [1.54, 1.807) is 0 Å². The standard InChI is InChI=1S/C21H19Cl2F5N4O/c22-14-5-13(6-15(23)7-14)20(21(26,27)28)3-4-32(10-20)19-30-9-12(16(31-19)17(24)25)8-29-18(33)11-1-2-11/h5-7,9,11,17H,1-4,8,10H2,(H,29,33). The Hall–Kier alpha value is -2.20. The lowest BCUT2D eigenvalue weighted by atomic mass is 9.79. The number of hydrogen-bond acceptors (Lipinski definition) is 4. The predicted octanol–water partition coefficient (Wildman–Crippen LogP) is 5.46. The number of aromatic nitrogens is 2. The van der Waals surface area contributed by atoms with Crippen molar-refractivity contribution in [3.63, 3.8) is 0 Å². The Morgan fingerprint density at radius 2 is 1.88 bits per heavy atom. The molecule has 1 atom stereocenters. The van der Waals surface area contributed by atoms with Crippen molar-refractivity contribution in [3.8, 4) is 0 Å². The number of rotatable bonds is 6. The summed E-state index contributed by atoms with van der Waals surface area (Å²) >= 11 is 11.9. The van der Waals surface area contributed by atoms with Crippen LogP contribution in [0.2, 0.25) is 10.0 Å². The fraction of sp³-hybridized carbons (Fsp3) is 0.476. The Bertz CT molecular complexity index is 1040. The van der Waals surface area contributed by atoms with Crippen molar-refractivity contribution in [3.05, 3.63) is 51.3 Å². The Balaban J connectivity index is 1.61. The van der Waals surface area contributed by atoms with Crippen LogP contribution in [0.4, 0.5) is 27.9 Å². The molecule has 1 saturated carbocycles. The third-order valence-corrected chi connectivity index (χ3v) is 6.44. The Morgan fingerprint density at radius 1 is 1.21 bits per heavy atom. The summed E-state index contributed by atoms with van der Waals surface area (Å²) in [5.74, 6) is -0.559. The second-order valence-electron chi connectivity index (χ2n) is 8.28. The van der Waals surface area contributed by atoms with Crippen LogP contribution in [-0.2, 0) is 16.8 Å². The minimum Gasteiger partial charge on any atom is -0.352 e. The maximum Gasteiger partial charge on any atom is 0.400 e. The fourth-order valence-corrected chi connectivity index (χ4v) is 4.53. The number of halogens is 7. The third kappa shape index (κ3) is 4.87. The molecule has 33 heavy (non-hydrogen) atoms. The van der Waals surface area contributed by atoms with Gasteiger partial charge in [0.05, 0.1) is 0 Å². The molecular formula is C21H19Cl2F5N4O. The fourth-order valence-electron chi connectivity index (χ4n) is 4.00. The van der Waals surface area contributed by atoms with Gasteiger partial charge in [-0.25, -0.2) is 18.7 Å². The molecule has 178 valence electrons. The van der Waals surface area contributed by atoms with Gasteiger partial charge < -0.3 is 10.2 Å². The van der Waals surface area contributed by atoms with Gasteiger partial charge in [-0.3, -0.25) is 4.79 Å². The van der Waals surface area contributed by atoms with Crippen LogP contribution in [-0.4, -0.2) is 35.1 Å². The maximum absolute atomic E-state index is 14.3. The van der Waals surface area contributed by atoms with E-state index >= 15 is 0 Å². The van der Waals surface area contributed by atoms with E-state index in [4.69, 9.17) is 23.2 Å². The molecule has 1 unspecified atom stereocenters. The highest BCUT2D eigenvalue weighted by molar-refractivity contribution is 6.34. The lowest BCUT2D eigenvalue weighted by Gasteiger charge is -2.32. The van der Waals surface area contributed by atoms with Crippen molar-refractivity contribution in [2.45, 2.75) is 43.8 Å². The van der Waals surface area contributed by atoms with Gasteiger partial charge in [-0.1, -0.05) is 23.2 Å². The highest BCUT2D eigenvalue weighted by atomic mass is 35.5. The third-order valence-electron chi connectivity index (χ3n) is 6.00. The summed E-state index contributed by atoms with van der Waals surface area (Å²) in [6.45, 7) is -0.861. The van der Waals surface area contributed by atoms with Crippen molar-refractivity contribution in [2.24, 2.45) is 5.92 Å². The van der Waals surface area contributed by atoms with E-state index in [0.717, 1.165) is 19.0 Å². The van der Waals surface area contributed by atoms with E-state index in [9.17, 15) is 26.7 Å². The summed E-state index contributed by atoms with van der Waals surface area (Å²) in [5.41, 5.74) is -3.02. The normalized spacial score (nSPS) is 21.0. The van der Waals surface area contributed by atoms with Gasteiger partial charge in [-0.05, 0) is 43.0 Å². The molecule has 1 amide bonds. The molecule has 1 aliphatic carbocycles. The minimum absolute atomic E-state index is 0.0191. The molecule has 5 nitrogen and oxygen atoms in total. The molecule has 4 rings (SSSR count). The summed E-state index contributed by atoms with van der Waals surface area (Å²) in [6, 6.07) is 3.76. The van der Waals surface area contributed by atoms with Crippen LogP contribution in [0, 0.1) is 5.92 Å². The van der Waals surface area contributed by atoms with Crippen LogP contribution in [0.1, 0.15) is 42.5 Å². The maximum atomic E-state index is 14.3. The highest BCUT2D eigenvalue weighted by Crippen LogP contribution is 2.49. The summed E-state index contributed by atoms with van der Waals surface area (Å²) in [4.78, 5) is 20.9. The largest absolute Gasteiger partial charge is 0.400 e. The average molecular weight is 509 g/mol. The minimum atomic E-state index is -4.66. The molecule has 2 heterocycles. The van der Waals surface area contributed by atoms with Crippen molar-refractivity contribution < 1.29 is 26.7 Å². The van der Waals surface area contributed by atoms with Gasteiger partial charge in [0.1, 0.15) is 11.1 Å². The number of carbonyl (C=O) groups excluding carboxylic acids is 1. The van der Waals surface area contributed by atoms with E-state index in [1.165, 1.54) is 23.1 Å². The van der Waals surface area contributed by atoms with Gasteiger partial charge in [0, 0.05) is 47.4 Å². The molecule has 0 bridgehead atoms. The Morgan fingerprint density at radius 3 is 2.45 bits per heavy atom. The number of anilines is 1. The van der Waals surface area contributed by atoms with Crippen LogP contribution in [0.15, 0.2) is 24.4 Å². The second kappa shape index (κ2) is 8.87. The highest BCUT2D eigenvalue weighted by Gasteiger charge is 2.59. The average Bonchev–Trinajstić information content (AvgIpc) is 3.48. The Labute approximate surface area is 196 Å². The molecule has 2 aliphatic rings. The molecule has 1 aromatic heterocycles. The molecular weight excluding hydrogens is 490 g/mol. The molecule has 0 radical (unpaired) electrons. The van der Waals surface area contributed by atoms with E-state index in [0.29, 0.717) is 0 Å². The molecule has 2 aromatic rings. The first-order valence-corrected chi connectivity index (χ1v) is 11.0. The zero-order valence-corrected chi connectivity index (χ0v) is 18.6. The molecule has 1 N–H and O–H groups in total. The van der Waals surface area contributed by atoms with Crippen molar-refractivity contribution in [1.29, 1.82) is 0 Å². The molecule has 1 saturated heterocycles. The Kier molecular flexibility index (Phi) is 6.43. The van der Waals surface area contributed by atoms with Crippen molar-refractivity contribution in [2.75, 3.05) is 18.0 Å². The summed E-state index contributed by atoms with van der Waals surface area (Å²) in [7, 11) is 0. The van der Waals surface area contributed by atoms with Crippen molar-refractivity contribution >= 4 is 35.1 Å². The lowest BCUT2D eigenvalue weighted by Crippen LogP contribution is -2.45. The van der Waals surface area contributed by atoms with E-state index in [1.807, 2.05) is 0 Å². The number of nitrogens with one attached hydrogen (secondary N) is 1.